The molecule has 2 aromatic rings. The van der Waals surface area contributed by atoms with Gasteiger partial charge in [-0.25, -0.2) is 13.6 Å². The van der Waals surface area contributed by atoms with Gasteiger partial charge in [-0.2, -0.15) is 0 Å². The van der Waals surface area contributed by atoms with Gasteiger partial charge in [0, 0.05) is 23.0 Å². The molecule has 4 rings (SSSR count). The van der Waals surface area contributed by atoms with E-state index < -0.39 is 29.8 Å². The van der Waals surface area contributed by atoms with Crippen molar-refractivity contribution in [3.05, 3.63) is 71.8 Å². The Bertz CT molecular complexity index is 811. The zero-order chi connectivity index (χ0) is 19.7. The molecule has 0 saturated heterocycles. The number of nitrogens with zero attached hydrogens (tertiary/aromatic N) is 1. The highest BCUT2D eigenvalue weighted by Gasteiger charge is 2.72. The second-order valence-corrected chi connectivity index (χ2v) is 7.53. The average molecular weight is 383 g/mol. The largest absolute Gasteiger partial charge is 0.464 e. The van der Waals surface area contributed by atoms with Crippen LogP contribution < -0.4 is 0 Å². The zero-order valence-electron chi connectivity index (χ0n) is 15.7. The van der Waals surface area contributed by atoms with Gasteiger partial charge in [0.25, 0.3) is 5.92 Å². The third kappa shape index (κ3) is 3.46. The second kappa shape index (κ2) is 7.46. The Morgan fingerprint density at radius 3 is 2.00 bits per heavy atom. The number of alkyl halides is 2. The van der Waals surface area contributed by atoms with E-state index in [0.29, 0.717) is 18.6 Å². The van der Waals surface area contributed by atoms with E-state index in [1.165, 1.54) is 0 Å². The van der Waals surface area contributed by atoms with Gasteiger partial charge in [0.15, 0.2) is 6.04 Å². The van der Waals surface area contributed by atoms with Crippen LogP contribution in [0.3, 0.4) is 0 Å². The topological polar surface area (TPSA) is 38.7 Å². The van der Waals surface area contributed by atoms with Crippen molar-refractivity contribution in [3.63, 3.8) is 0 Å². The lowest BCUT2D eigenvalue weighted by atomic mass is 9.93. The van der Waals surface area contributed by atoms with E-state index in [9.17, 15) is 13.6 Å². The van der Waals surface area contributed by atoms with Gasteiger partial charge in [0.05, 0.1) is 12.3 Å². The molecule has 3 nitrogen and oxygen atoms in total. The molecule has 0 radical (unpaired) electrons. The molecule has 2 aromatic carbocycles. The van der Waals surface area contributed by atoms with Crippen molar-refractivity contribution in [2.24, 2.45) is 22.7 Å². The molecule has 2 fully saturated rings. The van der Waals surface area contributed by atoms with Crippen LogP contribution in [-0.4, -0.2) is 30.3 Å². The maximum atomic E-state index is 13.7. The fourth-order valence-corrected chi connectivity index (χ4v) is 4.33. The number of esters is 1. The minimum absolute atomic E-state index is 0.212. The average Bonchev–Trinajstić information content (AvgIpc) is 3.05. The van der Waals surface area contributed by atoms with Crippen LogP contribution in [-0.2, 0) is 9.53 Å². The molecule has 0 bridgehead atoms. The Hall–Kier alpha value is -2.56. The Balaban J connectivity index is 1.71. The first kappa shape index (κ1) is 18.8. The first-order valence-corrected chi connectivity index (χ1v) is 9.75. The van der Waals surface area contributed by atoms with Gasteiger partial charge in [-0.3, -0.25) is 4.99 Å². The van der Waals surface area contributed by atoms with E-state index in [-0.39, 0.29) is 12.5 Å². The number of ether oxygens (including phenoxy) is 1. The standard InChI is InChI=1S/C23H23F2NO2/c1-2-28-22(27)21(17-13-18-19(14-17)23(18,24)25)26-20(15-9-5-3-6-10-15)16-11-7-4-8-12-16/h3-12,17-19,21H,2,13-14H2,1H3/t17-,18-,19+,21?. The summed E-state index contributed by atoms with van der Waals surface area (Å²) in [5.41, 5.74) is 2.46. The summed E-state index contributed by atoms with van der Waals surface area (Å²) in [7, 11) is 0. The molecular weight excluding hydrogens is 360 g/mol. The van der Waals surface area contributed by atoms with E-state index >= 15 is 0 Å². The Labute approximate surface area is 163 Å². The van der Waals surface area contributed by atoms with E-state index in [4.69, 9.17) is 9.73 Å². The number of carbonyl (C=O) groups excluding carboxylic acids is 1. The summed E-state index contributed by atoms with van der Waals surface area (Å²) in [6.07, 6.45) is 0.642. The summed E-state index contributed by atoms with van der Waals surface area (Å²) < 4.78 is 32.6. The maximum Gasteiger partial charge on any atom is 0.331 e. The summed E-state index contributed by atoms with van der Waals surface area (Å²) in [4.78, 5) is 17.5. The first-order valence-electron chi connectivity index (χ1n) is 9.75. The third-order valence-corrected chi connectivity index (χ3v) is 5.82. The molecule has 0 aromatic heterocycles. The van der Waals surface area contributed by atoms with Gasteiger partial charge in [-0.1, -0.05) is 60.7 Å². The van der Waals surface area contributed by atoms with Gasteiger partial charge in [-0.15, -0.1) is 0 Å². The summed E-state index contributed by atoms with van der Waals surface area (Å²) in [5.74, 6) is -4.43. The van der Waals surface area contributed by atoms with E-state index in [1.807, 2.05) is 60.7 Å². The molecule has 0 spiro atoms. The van der Waals surface area contributed by atoms with Crippen LogP contribution in [0, 0.1) is 17.8 Å². The number of hydrogen-bond acceptors (Lipinski definition) is 3. The van der Waals surface area contributed by atoms with Gasteiger partial charge in [0.1, 0.15) is 0 Å². The molecule has 0 N–H and O–H groups in total. The van der Waals surface area contributed by atoms with Crippen LogP contribution in [0.1, 0.15) is 30.9 Å². The molecule has 1 unspecified atom stereocenters. The quantitative estimate of drug-likeness (QED) is 0.533. The third-order valence-electron chi connectivity index (χ3n) is 5.82. The van der Waals surface area contributed by atoms with E-state index in [0.717, 1.165) is 11.1 Å². The number of benzene rings is 2. The van der Waals surface area contributed by atoms with Crippen molar-refractivity contribution in [1.29, 1.82) is 0 Å². The molecule has 0 aliphatic heterocycles. The lowest BCUT2D eigenvalue weighted by Gasteiger charge is -2.22. The summed E-state index contributed by atoms with van der Waals surface area (Å²) in [5, 5.41) is 0. The van der Waals surface area contributed by atoms with Crippen LogP contribution in [0.4, 0.5) is 8.78 Å². The van der Waals surface area contributed by atoms with Gasteiger partial charge in [0.2, 0.25) is 0 Å². The minimum atomic E-state index is -2.57. The van der Waals surface area contributed by atoms with E-state index in [2.05, 4.69) is 0 Å². The molecule has 2 saturated carbocycles. The highest BCUT2D eigenvalue weighted by molar-refractivity contribution is 6.13. The predicted molar refractivity (Wildman–Crippen MR) is 104 cm³/mol. The number of halogens is 2. The minimum Gasteiger partial charge on any atom is -0.464 e. The smallest absolute Gasteiger partial charge is 0.331 e. The number of carbonyl (C=O) groups is 1. The van der Waals surface area contributed by atoms with Crippen molar-refractivity contribution >= 4 is 11.7 Å². The monoisotopic (exact) mass is 383 g/mol. The summed E-state index contributed by atoms with van der Waals surface area (Å²) >= 11 is 0. The van der Waals surface area contributed by atoms with Crippen molar-refractivity contribution in [2.75, 3.05) is 6.61 Å². The fourth-order valence-electron chi connectivity index (χ4n) is 4.33. The number of aliphatic imine (C=N–C) groups is 1. The van der Waals surface area contributed by atoms with Crippen LogP contribution in [0.5, 0.6) is 0 Å². The Morgan fingerprint density at radius 1 is 1.04 bits per heavy atom. The highest BCUT2D eigenvalue weighted by atomic mass is 19.3. The van der Waals surface area contributed by atoms with Crippen LogP contribution in [0.25, 0.3) is 0 Å². The van der Waals surface area contributed by atoms with Crippen molar-refractivity contribution in [3.8, 4) is 0 Å². The van der Waals surface area contributed by atoms with Crippen LogP contribution >= 0.6 is 0 Å². The van der Waals surface area contributed by atoms with E-state index in [1.54, 1.807) is 6.92 Å². The molecular formula is C23H23F2NO2. The molecule has 0 heterocycles. The maximum absolute atomic E-state index is 13.7. The molecule has 146 valence electrons. The lowest BCUT2D eigenvalue weighted by Crippen LogP contribution is -2.32. The Kier molecular flexibility index (Phi) is 5.00. The number of rotatable bonds is 6. The first-order chi connectivity index (χ1) is 13.5. The molecule has 4 atom stereocenters. The van der Waals surface area contributed by atoms with Gasteiger partial charge in [-0.05, 0) is 25.7 Å². The predicted octanol–water partition coefficient (Wildman–Crippen LogP) is 4.75. The number of hydrogen-bond donors (Lipinski definition) is 0. The summed E-state index contributed by atoms with van der Waals surface area (Å²) in [6, 6.07) is 18.5. The van der Waals surface area contributed by atoms with Crippen LogP contribution in [0.2, 0.25) is 0 Å². The fraction of sp³-hybridized carbons (Fsp3) is 0.391. The Morgan fingerprint density at radius 2 is 1.54 bits per heavy atom. The molecule has 2 aliphatic rings. The summed E-state index contributed by atoms with van der Waals surface area (Å²) in [6.45, 7) is 1.99. The normalized spacial score (nSPS) is 25.5. The second-order valence-electron chi connectivity index (χ2n) is 7.53. The van der Waals surface area contributed by atoms with Crippen molar-refractivity contribution in [2.45, 2.75) is 31.7 Å². The van der Waals surface area contributed by atoms with Crippen LogP contribution in [0.15, 0.2) is 65.7 Å². The van der Waals surface area contributed by atoms with Gasteiger partial charge >= 0.3 is 5.97 Å². The zero-order valence-corrected chi connectivity index (χ0v) is 15.7. The lowest BCUT2D eigenvalue weighted by molar-refractivity contribution is -0.146. The molecule has 0 amide bonds. The van der Waals surface area contributed by atoms with Crippen molar-refractivity contribution in [1.82, 2.24) is 0 Å². The molecule has 5 heteroatoms. The SMILES string of the molecule is CCOC(=O)C(N=C(c1ccccc1)c1ccccc1)[C@@H]1C[C@@H]2[C@H](C1)C2(F)F. The van der Waals surface area contributed by atoms with Gasteiger partial charge < -0.3 is 4.74 Å². The van der Waals surface area contributed by atoms with Crippen molar-refractivity contribution < 1.29 is 18.3 Å². The highest BCUT2D eigenvalue weighted by Crippen LogP contribution is 2.66. The molecule has 2 aliphatic carbocycles. The number of fused-ring (bicyclic) bond motifs is 1. The molecule has 28 heavy (non-hydrogen) atoms.